The molecule has 4 aromatic rings. The van der Waals surface area contributed by atoms with Gasteiger partial charge in [-0.25, -0.2) is 0 Å². The zero-order valence-corrected chi connectivity index (χ0v) is 21.1. The maximum absolute atomic E-state index is 2.64. The van der Waals surface area contributed by atoms with Crippen LogP contribution in [0.5, 0.6) is 0 Å². The summed E-state index contributed by atoms with van der Waals surface area (Å²) in [5.74, 6) is 0.369. The van der Waals surface area contributed by atoms with Gasteiger partial charge < -0.3 is 0 Å². The van der Waals surface area contributed by atoms with Crippen molar-refractivity contribution >= 4 is 18.5 Å². The van der Waals surface area contributed by atoms with Gasteiger partial charge >= 0.3 is 0 Å². The second kappa shape index (κ2) is 11.5. The topological polar surface area (TPSA) is 3.24 Å². The van der Waals surface area contributed by atoms with Gasteiger partial charge in [0.25, 0.3) is 0 Å². The van der Waals surface area contributed by atoms with Gasteiger partial charge in [-0.3, -0.25) is 4.90 Å². The van der Waals surface area contributed by atoms with Crippen LogP contribution in [0.1, 0.15) is 18.1 Å². The molecule has 0 radical (unpaired) electrons. The first-order valence-electron chi connectivity index (χ1n) is 12.4. The maximum atomic E-state index is 2.64. The Labute approximate surface area is 211 Å². The van der Waals surface area contributed by atoms with Gasteiger partial charge in [0.05, 0.1) is 0 Å². The molecule has 1 nitrogen and oxygen atoms in total. The molecule has 0 saturated carbocycles. The van der Waals surface area contributed by atoms with E-state index in [4.69, 9.17) is 0 Å². The zero-order chi connectivity index (χ0) is 23.9. The van der Waals surface area contributed by atoms with E-state index in [0.29, 0.717) is 12.0 Å². The first-order valence-corrected chi connectivity index (χ1v) is 13.7. The fraction of sp³-hybridized carbons (Fsp3) is 0.152. The fourth-order valence-corrected chi connectivity index (χ4v) is 7.59. The summed E-state index contributed by atoms with van der Waals surface area (Å²) in [6.45, 7) is 4.27. The van der Waals surface area contributed by atoms with E-state index in [-0.39, 0.29) is 0 Å². The van der Waals surface area contributed by atoms with Crippen LogP contribution in [-0.4, -0.2) is 10.9 Å². The molecular formula is C33H32NP. The number of hydrogen-bond acceptors (Lipinski definition) is 1. The summed E-state index contributed by atoms with van der Waals surface area (Å²) in [6, 6.07) is 44.2. The molecule has 1 aliphatic carbocycles. The first kappa shape index (κ1) is 23.5. The Bertz CT molecular complexity index is 1170. The molecule has 4 aromatic carbocycles. The highest BCUT2D eigenvalue weighted by molar-refractivity contribution is 7.76. The van der Waals surface area contributed by atoms with Crippen LogP contribution in [0.15, 0.2) is 145 Å². The largest absolute Gasteiger partial charge is 0.291 e. The number of hydrogen-bond donors (Lipinski definition) is 0. The summed E-state index contributed by atoms with van der Waals surface area (Å²) in [5.41, 5.74) is 2.72. The zero-order valence-electron chi connectivity index (χ0n) is 20.2. The Hall–Kier alpha value is -3.25. The van der Waals surface area contributed by atoms with Crippen molar-refractivity contribution in [1.29, 1.82) is 0 Å². The SMILES string of the molecule is C[C@H](C1C=CC=C1P(c1ccccc1)c1ccccc1)N(Cc1ccccc1)Cc1ccccc1. The molecule has 0 spiro atoms. The molecule has 0 fully saturated rings. The molecule has 174 valence electrons. The molecule has 0 amide bonds. The average Bonchev–Trinajstić information content (AvgIpc) is 3.40. The summed E-state index contributed by atoms with van der Waals surface area (Å²) in [6.07, 6.45) is 7.08. The highest BCUT2D eigenvalue weighted by Gasteiger charge is 2.32. The third-order valence-electron chi connectivity index (χ3n) is 6.77. The highest BCUT2D eigenvalue weighted by atomic mass is 31.1. The van der Waals surface area contributed by atoms with E-state index in [9.17, 15) is 0 Å². The first-order chi connectivity index (χ1) is 17.3. The number of nitrogens with zero attached hydrogens (tertiary/aromatic N) is 1. The van der Waals surface area contributed by atoms with Crippen molar-refractivity contribution in [2.45, 2.75) is 26.1 Å². The van der Waals surface area contributed by atoms with Gasteiger partial charge in [-0.05, 0) is 41.9 Å². The Morgan fingerprint density at radius 1 is 0.629 bits per heavy atom. The van der Waals surface area contributed by atoms with Gasteiger partial charge in [0, 0.05) is 25.0 Å². The van der Waals surface area contributed by atoms with Crippen molar-refractivity contribution in [3.8, 4) is 0 Å². The van der Waals surface area contributed by atoms with Crippen LogP contribution in [0.3, 0.4) is 0 Å². The van der Waals surface area contributed by atoms with E-state index in [2.05, 4.69) is 151 Å². The molecule has 5 rings (SSSR count). The van der Waals surface area contributed by atoms with Crippen molar-refractivity contribution in [1.82, 2.24) is 4.90 Å². The predicted molar refractivity (Wildman–Crippen MR) is 151 cm³/mol. The molecule has 35 heavy (non-hydrogen) atoms. The third kappa shape index (κ3) is 5.70. The van der Waals surface area contributed by atoms with Crippen LogP contribution in [0, 0.1) is 5.92 Å². The van der Waals surface area contributed by atoms with Gasteiger partial charge in [-0.1, -0.05) is 140 Å². The van der Waals surface area contributed by atoms with Crippen LogP contribution in [-0.2, 0) is 13.1 Å². The van der Waals surface area contributed by atoms with Crippen molar-refractivity contribution in [2.24, 2.45) is 5.92 Å². The lowest BCUT2D eigenvalue weighted by atomic mass is 9.99. The lowest BCUT2D eigenvalue weighted by Crippen LogP contribution is -2.38. The second-order valence-electron chi connectivity index (χ2n) is 9.13. The normalized spacial score (nSPS) is 16.0. The Kier molecular flexibility index (Phi) is 7.69. The van der Waals surface area contributed by atoms with E-state index in [1.165, 1.54) is 27.1 Å². The molecular weight excluding hydrogens is 441 g/mol. The fourth-order valence-electron chi connectivity index (χ4n) is 4.92. The molecule has 2 heteroatoms. The standard InChI is InChI=1S/C33H32NP/c1-27(34(25-28-15-6-2-7-16-28)26-29-17-8-3-9-18-29)32-23-14-24-33(32)35(30-19-10-4-11-20-30)31-21-12-5-13-22-31/h2-24,27,32H,25-26H2,1H3/t27-,32?/m1/s1. The average molecular weight is 474 g/mol. The highest BCUT2D eigenvalue weighted by Crippen LogP contribution is 2.50. The van der Waals surface area contributed by atoms with Crippen LogP contribution < -0.4 is 10.6 Å². The smallest absolute Gasteiger partial charge is 0.0240 e. The molecule has 0 N–H and O–H groups in total. The molecule has 2 atom stereocenters. The molecule has 1 aliphatic rings. The van der Waals surface area contributed by atoms with E-state index in [1.54, 1.807) is 0 Å². The summed E-state index contributed by atoms with van der Waals surface area (Å²) in [7, 11) is -0.595. The summed E-state index contributed by atoms with van der Waals surface area (Å²) in [5, 5.41) is 4.37. The predicted octanol–water partition coefficient (Wildman–Crippen LogP) is 7.28. The van der Waals surface area contributed by atoms with Gasteiger partial charge in [0.15, 0.2) is 0 Å². The minimum atomic E-state index is -0.595. The van der Waals surface area contributed by atoms with Crippen molar-refractivity contribution < 1.29 is 0 Å². The van der Waals surface area contributed by atoms with Crippen molar-refractivity contribution in [3.05, 3.63) is 156 Å². The molecule has 0 heterocycles. The summed E-state index contributed by atoms with van der Waals surface area (Å²) >= 11 is 0. The Morgan fingerprint density at radius 3 is 1.51 bits per heavy atom. The molecule has 0 saturated heterocycles. The van der Waals surface area contributed by atoms with E-state index < -0.39 is 7.92 Å². The molecule has 1 unspecified atom stereocenters. The second-order valence-corrected chi connectivity index (χ2v) is 11.3. The minimum Gasteiger partial charge on any atom is -0.291 e. The molecule has 0 aromatic heterocycles. The maximum Gasteiger partial charge on any atom is 0.0240 e. The Morgan fingerprint density at radius 2 is 1.06 bits per heavy atom. The monoisotopic (exact) mass is 473 g/mol. The number of benzene rings is 4. The minimum absolute atomic E-state index is 0.359. The van der Waals surface area contributed by atoms with Gasteiger partial charge in [0.2, 0.25) is 0 Å². The van der Waals surface area contributed by atoms with Gasteiger partial charge in [-0.15, -0.1) is 0 Å². The third-order valence-corrected chi connectivity index (χ3v) is 9.36. The lowest BCUT2D eigenvalue weighted by Gasteiger charge is -2.36. The Balaban J connectivity index is 1.48. The van der Waals surface area contributed by atoms with Crippen LogP contribution in [0.2, 0.25) is 0 Å². The summed E-state index contributed by atoms with van der Waals surface area (Å²) in [4.78, 5) is 2.64. The van der Waals surface area contributed by atoms with Gasteiger partial charge in [-0.2, -0.15) is 0 Å². The quantitative estimate of drug-likeness (QED) is 0.231. The van der Waals surface area contributed by atoms with Crippen LogP contribution >= 0.6 is 7.92 Å². The molecule has 0 aliphatic heterocycles. The molecule has 0 bridgehead atoms. The van der Waals surface area contributed by atoms with Crippen molar-refractivity contribution in [2.75, 3.05) is 0 Å². The summed E-state index contributed by atoms with van der Waals surface area (Å²) < 4.78 is 0. The van der Waals surface area contributed by atoms with E-state index >= 15 is 0 Å². The number of allylic oxidation sites excluding steroid dienone is 2. The van der Waals surface area contributed by atoms with E-state index in [1.807, 2.05) is 0 Å². The van der Waals surface area contributed by atoms with E-state index in [0.717, 1.165) is 13.1 Å². The van der Waals surface area contributed by atoms with Crippen LogP contribution in [0.4, 0.5) is 0 Å². The van der Waals surface area contributed by atoms with Crippen molar-refractivity contribution in [3.63, 3.8) is 0 Å². The lowest BCUT2D eigenvalue weighted by molar-refractivity contribution is 0.169. The van der Waals surface area contributed by atoms with Gasteiger partial charge in [0.1, 0.15) is 0 Å². The number of rotatable bonds is 9. The van der Waals surface area contributed by atoms with Crippen LogP contribution in [0.25, 0.3) is 0 Å².